The van der Waals surface area contributed by atoms with Crippen molar-refractivity contribution in [1.82, 2.24) is 0 Å². The number of halogens is 3. The highest BCUT2D eigenvalue weighted by molar-refractivity contribution is 9.09. The molecule has 1 aromatic carbocycles. The molecule has 0 aliphatic carbocycles. The van der Waals surface area contributed by atoms with Gasteiger partial charge in [0.2, 0.25) is 0 Å². The average Bonchev–Trinajstić information content (AvgIpc) is 2.08. The van der Waals surface area contributed by atoms with E-state index in [-0.39, 0.29) is 0 Å². The number of hydrogen-bond donors (Lipinski definition) is 0. The van der Waals surface area contributed by atoms with E-state index < -0.39 is 0 Å². The molecule has 0 aromatic heterocycles. The molecule has 0 fully saturated rings. The molecular weight excluding hydrogens is 271 g/mol. The van der Waals surface area contributed by atoms with Crippen molar-refractivity contribution in [3.63, 3.8) is 0 Å². The summed E-state index contributed by atoms with van der Waals surface area (Å²) in [7, 11) is 0. The van der Waals surface area contributed by atoms with Crippen molar-refractivity contribution < 1.29 is 0 Å². The van der Waals surface area contributed by atoms with Gasteiger partial charge in [-0.2, -0.15) is 0 Å². The molecule has 72 valence electrons. The van der Waals surface area contributed by atoms with E-state index in [1.807, 2.05) is 12.1 Å². The lowest BCUT2D eigenvalue weighted by Gasteiger charge is -2.16. The molecule has 0 saturated heterocycles. The van der Waals surface area contributed by atoms with Crippen LogP contribution in [0.15, 0.2) is 18.2 Å². The van der Waals surface area contributed by atoms with Gasteiger partial charge in [-0.15, -0.1) is 0 Å². The summed E-state index contributed by atoms with van der Waals surface area (Å²) in [6, 6.07) is 5.57. The molecular formula is C10H11BrCl2. The maximum atomic E-state index is 6.06. The summed E-state index contributed by atoms with van der Waals surface area (Å²) < 4.78 is 0. The predicted molar refractivity (Wildman–Crippen MR) is 63.3 cm³/mol. The minimum atomic E-state index is 0.367. The second-order valence-electron chi connectivity index (χ2n) is 3.13. The molecule has 0 heterocycles. The zero-order valence-electron chi connectivity index (χ0n) is 7.52. The standard InChI is InChI=1S/C10H11BrCl2/c1-6(7(2)11)9-5-8(12)3-4-10(9)13/h3-7H,1-2H3. The minimum absolute atomic E-state index is 0.367. The van der Waals surface area contributed by atoms with E-state index in [1.165, 1.54) is 0 Å². The van der Waals surface area contributed by atoms with Gasteiger partial charge in [-0.05, 0) is 29.7 Å². The maximum Gasteiger partial charge on any atom is 0.0442 e. The molecule has 2 unspecified atom stereocenters. The number of alkyl halides is 1. The van der Waals surface area contributed by atoms with Crippen LogP contribution in [0.3, 0.4) is 0 Å². The third kappa shape index (κ3) is 2.87. The maximum absolute atomic E-state index is 6.06. The van der Waals surface area contributed by atoms with Gasteiger partial charge in [0.15, 0.2) is 0 Å². The molecule has 1 aromatic rings. The third-order valence-electron chi connectivity index (χ3n) is 2.14. The average molecular weight is 282 g/mol. The summed E-state index contributed by atoms with van der Waals surface area (Å²) in [5.41, 5.74) is 1.10. The molecule has 0 bridgehead atoms. The van der Waals surface area contributed by atoms with Crippen molar-refractivity contribution in [3.05, 3.63) is 33.8 Å². The van der Waals surface area contributed by atoms with E-state index in [4.69, 9.17) is 23.2 Å². The Morgan fingerprint density at radius 1 is 1.23 bits per heavy atom. The molecule has 0 nitrogen and oxygen atoms in total. The molecule has 2 atom stereocenters. The molecule has 3 heteroatoms. The van der Waals surface area contributed by atoms with E-state index >= 15 is 0 Å². The Balaban J connectivity index is 3.05. The zero-order chi connectivity index (χ0) is 10.0. The van der Waals surface area contributed by atoms with Crippen molar-refractivity contribution in [2.24, 2.45) is 0 Å². The van der Waals surface area contributed by atoms with Gasteiger partial charge in [0.25, 0.3) is 0 Å². The summed E-state index contributed by atoms with van der Waals surface area (Å²) in [4.78, 5) is 0.392. The summed E-state index contributed by atoms with van der Waals surface area (Å²) >= 11 is 15.5. The highest BCUT2D eigenvalue weighted by atomic mass is 79.9. The van der Waals surface area contributed by atoms with Crippen LogP contribution in [0.25, 0.3) is 0 Å². The quantitative estimate of drug-likeness (QED) is 0.678. The van der Waals surface area contributed by atoms with Gasteiger partial charge in [0, 0.05) is 14.9 Å². The van der Waals surface area contributed by atoms with E-state index in [0.717, 1.165) is 15.6 Å². The Labute approximate surface area is 97.4 Å². The molecule has 0 spiro atoms. The molecule has 0 N–H and O–H groups in total. The van der Waals surface area contributed by atoms with Crippen molar-refractivity contribution in [1.29, 1.82) is 0 Å². The van der Waals surface area contributed by atoms with Crippen LogP contribution in [-0.4, -0.2) is 4.83 Å². The van der Waals surface area contributed by atoms with Gasteiger partial charge in [0.1, 0.15) is 0 Å². The first kappa shape index (κ1) is 11.4. The fourth-order valence-electron chi connectivity index (χ4n) is 1.11. The predicted octanol–water partition coefficient (Wildman–Crippen LogP) is 4.88. The van der Waals surface area contributed by atoms with Crippen LogP contribution in [0.1, 0.15) is 25.3 Å². The van der Waals surface area contributed by atoms with Gasteiger partial charge in [-0.1, -0.05) is 53.0 Å². The van der Waals surface area contributed by atoms with E-state index in [9.17, 15) is 0 Å². The summed E-state index contributed by atoms with van der Waals surface area (Å²) in [6.07, 6.45) is 0. The fraction of sp³-hybridized carbons (Fsp3) is 0.400. The van der Waals surface area contributed by atoms with E-state index in [2.05, 4.69) is 29.8 Å². The van der Waals surface area contributed by atoms with Crippen LogP contribution in [0, 0.1) is 0 Å². The van der Waals surface area contributed by atoms with Gasteiger partial charge in [-0.25, -0.2) is 0 Å². The van der Waals surface area contributed by atoms with Crippen LogP contribution < -0.4 is 0 Å². The SMILES string of the molecule is CC(Br)C(C)c1cc(Cl)ccc1Cl. The van der Waals surface area contributed by atoms with Crippen molar-refractivity contribution in [3.8, 4) is 0 Å². The molecule has 0 aliphatic rings. The Hall–Kier alpha value is 0.280. The van der Waals surface area contributed by atoms with Crippen molar-refractivity contribution >= 4 is 39.1 Å². The van der Waals surface area contributed by atoms with Crippen LogP contribution >= 0.6 is 39.1 Å². The lowest BCUT2D eigenvalue weighted by Crippen LogP contribution is -2.04. The van der Waals surface area contributed by atoms with Gasteiger partial charge in [0.05, 0.1) is 0 Å². The molecule has 1 rings (SSSR count). The first-order valence-electron chi connectivity index (χ1n) is 4.11. The van der Waals surface area contributed by atoms with Crippen LogP contribution in [0.4, 0.5) is 0 Å². The topological polar surface area (TPSA) is 0 Å². The normalized spacial score (nSPS) is 15.5. The molecule has 0 saturated carbocycles. The first-order valence-corrected chi connectivity index (χ1v) is 5.78. The Bertz CT molecular complexity index is 297. The Morgan fingerprint density at radius 3 is 2.38 bits per heavy atom. The number of hydrogen-bond acceptors (Lipinski definition) is 0. The Morgan fingerprint density at radius 2 is 1.85 bits per heavy atom. The smallest absolute Gasteiger partial charge is 0.0442 e. The van der Waals surface area contributed by atoms with Crippen LogP contribution in [-0.2, 0) is 0 Å². The van der Waals surface area contributed by atoms with Crippen molar-refractivity contribution in [2.75, 3.05) is 0 Å². The second-order valence-corrected chi connectivity index (χ2v) is 5.42. The molecule has 0 amide bonds. The lowest BCUT2D eigenvalue weighted by atomic mass is 9.99. The summed E-state index contributed by atoms with van der Waals surface area (Å²) in [6.45, 7) is 4.22. The van der Waals surface area contributed by atoms with E-state index in [0.29, 0.717) is 10.7 Å². The largest absolute Gasteiger partial charge is 0.0887 e. The second kappa shape index (κ2) is 4.68. The molecule has 0 radical (unpaired) electrons. The van der Waals surface area contributed by atoms with E-state index in [1.54, 1.807) is 6.07 Å². The number of rotatable bonds is 2. The molecule has 0 aliphatic heterocycles. The van der Waals surface area contributed by atoms with Gasteiger partial charge in [-0.3, -0.25) is 0 Å². The minimum Gasteiger partial charge on any atom is -0.0887 e. The molecule has 13 heavy (non-hydrogen) atoms. The summed E-state index contributed by atoms with van der Waals surface area (Å²) in [5, 5.41) is 1.52. The summed E-state index contributed by atoms with van der Waals surface area (Å²) in [5.74, 6) is 0.367. The Kier molecular flexibility index (Phi) is 4.08. The van der Waals surface area contributed by atoms with Gasteiger partial charge < -0.3 is 0 Å². The lowest BCUT2D eigenvalue weighted by molar-refractivity contribution is 0.762. The zero-order valence-corrected chi connectivity index (χ0v) is 10.6. The van der Waals surface area contributed by atoms with Crippen LogP contribution in [0.5, 0.6) is 0 Å². The van der Waals surface area contributed by atoms with Gasteiger partial charge >= 0.3 is 0 Å². The highest BCUT2D eigenvalue weighted by Gasteiger charge is 2.14. The van der Waals surface area contributed by atoms with Crippen LogP contribution in [0.2, 0.25) is 10.0 Å². The first-order chi connectivity index (χ1) is 6.02. The fourth-order valence-corrected chi connectivity index (χ4v) is 1.87. The van der Waals surface area contributed by atoms with Crippen molar-refractivity contribution in [2.45, 2.75) is 24.6 Å². The highest BCUT2D eigenvalue weighted by Crippen LogP contribution is 2.31. The monoisotopic (exact) mass is 280 g/mol. The number of benzene rings is 1. The third-order valence-corrected chi connectivity index (χ3v) is 3.51.